The monoisotopic (exact) mass is 450 g/mol. The van der Waals surface area contributed by atoms with Crippen molar-refractivity contribution in [3.63, 3.8) is 0 Å². The van der Waals surface area contributed by atoms with Crippen LogP contribution >= 0.6 is 54.8 Å². The third-order valence-electron chi connectivity index (χ3n) is 2.85. The Labute approximate surface area is 147 Å². The lowest BCUT2D eigenvalue weighted by Crippen LogP contribution is -2.25. The fourth-order valence-corrected chi connectivity index (χ4v) is 4.24. The van der Waals surface area contributed by atoms with Crippen molar-refractivity contribution in [3.8, 4) is 5.75 Å². The highest BCUT2D eigenvalue weighted by Gasteiger charge is 2.18. The maximum absolute atomic E-state index is 11.3. The first-order chi connectivity index (χ1) is 10.0. The molecule has 0 saturated carbocycles. The average Bonchev–Trinajstić information content (AvgIpc) is 2.75. The molecule has 3 rings (SSSR count). The highest BCUT2D eigenvalue weighted by atomic mass is 79.9. The number of nitrogens with one attached hydrogen (secondary N) is 2. The number of hydrogen-bond donors (Lipinski definition) is 2. The van der Waals surface area contributed by atoms with Crippen LogP contribution < -0.4 is 15.4 Å². The second-order valence-corrected chi connectivity index (χ2v) is 8.07. The van der Waals surface area contributed by atoms with E-state index in [1.54, 1.807) is 23.5 Å². The molecule has 1 amide bonds. The Morgan fingerprint density at radius 2 is 2.19 bits per heavy atom. The number of ether oxygens (including phenoxy) is 1. The molecule has 0 bridgehead atoms. The van der Waals surface area contributed by atoms with E-state index in [-0.39, 0.29) is 12.5 Å². The van der Waals surface area contributed by atoms with Gasteiger partial charge in [-0.05, 0) is 44.0 Å². The van der Waals surface area contributed by atoms with E-state index >= 15 is 0 Å². The molecule has 1 aromatic heterocycles. The lowest BCUT2D eigenvalue weighted by molar-refractivity contribution is -0.118. The van der Waals surface area contributed by atoms with Crippen molar-refractivity contribution in [2.24, 2.45) is 0 Å². The van der Waals surface area contributed by atoms with Gasteiger partial charge in [-0.2, -0.15) is 0 Å². The Kier molecular flexibility index (Phi) is 4.44. The SMILES string of the molecule is O=C1COc2cc(NCc3cc(Br)c(Br)s3)c(Cl)cc2N1. The maximum atomic E-state index is 11.3. The minimum atomic E-state index is -0.174. The summed E-state index contributed by atoms with van der Waals surface area (Å²) in [5, 5.41) is 6.54. The zero-order chi connectivity index (χ0) is 15.0. The number of carbonyl (C=O) groups excluding carboxylic acids is 1. The zero-order valence-corrected chi connectivity index (χ0v) is 15.2. The molecular weight excluding hydrogens is 443 g/mol. The molecule has 0 aliphatic carbocycles. The van der Waals surface area contributed by atoms with Crippen LogP contribution in [0, 0.1) is 0 Å². The first kappa shape index (κ1) is 15.1. The molecule has 2 N–H and O–H groups in total. The van der Waals surface area contributed by atoms with Gasteiger partial charge in [-0.1, -0.05) is 11.6 Å². The topological polar surface area (TPSA) is 50.4 Å². The highest BCUT2D eigenvalue weighted by Crippen LogP contribution is 2.37. The lowest BCUT2D eigenvalue weighted by atomic mass is 10.2. The Morgan fingerprint density at radius 1 is 1.38 bits per heavy atom. The van der Waals surface area contributed by atoms with Crippen molar-refractivity contribution in [3.05, 3.63) is 36.4 Å². The van der Waals surface area contributed by atoms with Crippen LogP contribution in [0.5, 0.6) is 5.75 Å². The number of anilines is 2. The summed E-state index contributed by atoms with van der Waals surface area (Å²) in [5.41, 5.74) is 1.37. The minimum absolute atomic E-state index is 0.0267. The second-order valence-electron chi connectivity index (χ2n) is 4.35. The van der Waals surface area contributed by atoms with E-state index in [2.05, 4.69) is 42.5 Å². The largest absolute Gasteiger partial charge is 0.482 e. The molecule has 1 aliphatic heterocycles. The molecule has 0 fully saturated rings. The molecule has 1 aliphatic rings. The van der Waals surface area contributed by atoms with Gasteiger partial charge in [0.25, 0.3) is 5.91 Å². The van der Waals surface area contributed by atoms with Crippen LogP contribution in [0.4, 0.5) is 11.4 Å². The number of halogens is 3. The first-order valence-electron chi connectivity index (χ1n) is 5.96. The minimum Gasteiger partial charge on any atom is -0.482 e. The molecule has 0 unspecified atom stereocenters. The van der Waals surface area contributed by atoms with Gasteiger partial charge in [0, 0.05) is 22.0 Å². The Morgan fingerprint density at radius 3 is 2.90 bits per heavy atom. The predicted octanol–water partition coefficient (Wildman–Crippen LogP) is 4.87. The molecule has 4 nitrogen and oxygen atoms in total. The third kappa shape index (κ3) is 3.36. The van der Waals surface area contributed by atoms with Gasteiger partial charge in [0.15, 0.2) is 6.61 Å². The summed E-state index contributed by atoms with van der Waals surface area (Å²) in [6, 6.07) is 5.54. The Balaban J connectivity index is 1.78. The number of amides is 1. The van der Waals surface area contributed by atoms with Crippen LogP contribution in [-0.4, -0.2) is 12.5 Å². The average molecular weight is 453 g/mol. The van der Waals surface area contributed by atoms with E-state index in [9.17, 15) is 4.79 Å². The van der Waals surface area contributed by atoms with E-state index in [0.29, 0.717) is 23.0 Å². The van der Waals surface area contributed by atoms with E-state index in [4.69, 9.17) is 16.3 Å². The molecule has 8 heteroatoms. The van der Waals surface area contributed by atoms with E-state index in [1.807, 2.05) is 6.07 Å². The molecule has 0 atom stereocenters. The summed E-state index contributed by atoms with van der Waals surface area (Å²) >= 11 is 14.8. The first-order valence-corrected chi connectivity index (χ1v) is 8.75. The van der Waals surface area contributed by atoms with E-state index < -0.39 is 0 Å². The van der Waals surface area contributed by atoms with Crippen LogP contribution in [0.15, 0.2) is 26.5 Å². The molecule has 21 heavy (non-hydrogen) atoms. The van der Waals surface area contributed by atoms with Crippen LogP contribution in [-0.2, 0) is 11.3 Å². The molecule has 0 radical (unpaired) electrons. The molecule has 2 aromatic rings. The van der Waals surface area contributed by atoms with Gasteiger partial charge in [0.05, 0.1) is 20.2 Å². The molecule has 110 valence electrons. The van der Waals surface area contributed by atoms with E-state index in [0.717, 1.165) is 18.8 Å². The van der Waals surface area contributed by atoms with Crippen molar-refractivity contribution >= 4 is 72.1 Å². The van der Waals surface area contributed by atoms with Crippen molar-refractivity contribution in [2.75, 3.05) is 17.2 Å². The van der Waals surface area contributed by atoms with Gasteiger partial charge >= 0.3 is 0 Å². The Hall–Kier alpha value is -0.760. The van der Waals surface area contributed by atoms with Crippen LogP contribution in [0.25, 0.3) is 0 Å². The predicted molar refractivity (Wildman–Crippen MR) is 92.6 cm³/mol. The normalized spacial score (nSPS) is 13.4. The number of thiophene rings is 1. The number of rotatable bonds is 3. The van der Waals surface area contributed by atoms with Gasteiger partial charge in [-0.25, -0.2) is 0 Å². The van der Waals surface area contributed by atoms with Gasteiger partial charge in [0.2, 0.25) is 0 Å². The quantitative estimate of drug-likeness (QED) is 0.699. The molecule has 0 spiro atoms. The molecule has 1 aromatic carbocycles. The standard InChI is InChI=1S/C13H9Br2ClN2O2S/c14-7-1-6(21-13(7)15)4-17-9-3-11-10(2-8(9)16)18-12(19)5-20-11/h1-3,17H,4-5H2,(H,18,19). The number of carbonyl (C=O) groups is 1. The fraction of sp³-hybridized carbons (Fsp3) is 0.154. The van der Waals surface area contributed by atoms with E-state index in [1.165, 1.54) is 0 Å². The number of hydrogen-bond acceptors (Lipinski definition) is 4. The van der Waals surface area contributed by atoms with Crippen molar-refractivity contribution in [1.29, 1.82) is 0 Å². The Bertz CT molecular complexity index is 701. The zero-order valence-electron chi connectivity index (χ0n) is 10.5. The number of fused-ring (bicyclic) bond motifs is 1. The van der Waals surface area contributed by atoms with Crippen LogP contribution in [0.2, 0.25) is 5.02 Å². The van der Waals surface area contributed by atoms with Crippen molar-refractivity contribution < 1.29 is 9.53 Å². The molecule has 2 heterocycles. The van der Waals surface area contributed by atoms with Crippen molar-refractivity contribution in [1.82, 2.24) is 0 Å². The van der Waals surface area contributed by atoms with Crippen molar-refractivity contribution in [2.45, 2.75) is 6.54 Å². The summed E-state index contributed by atoms with van der Waals surface area (Å²) < 4.78 is 7.48. The second kappa shape index (κ2) is 6.16. The van der Waals surface area contributed by atoms with Gasteiger partial charge in [-0.15, -0.1) is 11.3 Å². The molecule has 0 saturated heterocycles. The summed E-state index contributed by atoms with van der Waals surface area (Å²) in [6.07, 6.45) is 0. The number of benzene rings is 1. The van der Waals surface area contributed by atoms with Gasteiger partial charge < -0.3 is 15.4 Å². The smallest absolute Gasteiger partial charge is 0.262 e. The third-order valence-corrected chi connectivity index (χ3v) is 6.42. The highest BCUT2D eigenvalue weighted by molar-refractivity contribution is 9.13. The summed E-state index contributed by atoms with van der Waals surface area (Å²) in [6.45, 7) is 0.679. The summed E-state index contributed by atoms with van der Waals surface area (Å²) in [4.78, 5) is 12.4. The maximum Gasteiger partial charge on any atom is 0.262 e. The van der Waals surface area contributed by atoms with Gasteiger partial charge in [-0.3, -0.25) is 4.79 Å². The fourth-order valence-electron chi connectivity index (χ4n) is 1.90. The van der Waals surface area contributed by atoms with Gasteiger partial charge in [0.1, 0.15) is 5.75 Å². The summed E-state index contributed by atoms with van der Waals surface area (Å²) in [7, 11) is 0. The summed E-state index contributed by atoms with van der Waals surface area (Å²) in [5.74, 6) is 0.447. The van der Waals surface area contributed by atoms with Crippen LogP contribution in [0.1, 0.15) is 4.88 Å². The lowest BCUT2D eigenvalue weighted by Gasteiger charge is -2.19. The molecular formula is C13H9Br2ClN2O2S. The van der Waals surface area contributed by atoms with Crippen LogP contribution in [0.3, 0.4) is 0 Å².